The van der Waals surface area contributed by atoms with Gasteiger partial charge in [-0.2, -0.15) is 9.40 Å². The maximum atomic E-state index is 12.2. The Bertz CT molecular complexity index is 741. The highest BCUT2D eigenvalue weighted by molar-refractivity contribution is 7.89. The second-order valence-corrected chi connectivity index (χ2v) is 6.40. The van der Waals surface area contributed by atoms with Gasteiger partial charge in [0.05, 0.1) is 12.7 Å². The number of sulfonamides is 1. The number of hydrogen-bond donors (Lipinski definition) is 2. The molecule has 0 aliphatic rings. The standard InChI is InChI=1S/C14H16N4O2S/c1-18(21(19,20)14-8-10-16-17-14)11-13-6-4-12(5-7-13)3-2-9-15/h4-8,10H,9,11,15H2,1H3,(H,16,17). The van der Waals surface area contributed by atoms with Gasteiger partial charge in [-0.05, 0) is 23.8 Å². The second kappa shape index (κ2) is 6.54. The number of nitrogens with two attached hydrogens (primary N) is 1. The number of benzene rings is 1. The minimum absolute atomic E-state index is 0.0791. The first-order chi connectivity index (χ1) is 10.0. The van der Waals surface area contributed by atoms with Gasteiger partial charge >= 0.3 is 0 Å². The van der Waals surface area contributed by atoms with E-state index in [1.54, 1.807) is 0 Å². The summed E-state index contributed by atoms with van der Waals surface area (Å²) in [4.78, 5) is 0. The Morgan fingerprint density at radius 2 is 2.00 bits per heavy atom. The van der Waals surface area contributed by atoms with E-state index >= 15 is 0 Å². The van der Waals surface area contributed by atoms with E-state index in [0.717, 1.165) is 11.1 Å². The fourth-order valence-electron chi connectivity index (χ4n) is 1.74. The van der Waals surface area contributed by atoms with Gasteiger partial charge < -0.3 is 5.73 Å². The topological polar surface area (TPSA) is 92.1 Å². The summed E-state index contributed by atoms with van der Waals surface area (Å²) in [6.45, 7) is 0.582. The molecule has 0 radical (unpaired) electrons. The van der Waals surface area contributed by atoms with Crippen LogP contribution < -0.4 is 5.73 Å². The van der Waals surface area contributed by atoms with E-state index in [4.69, 9.17) is 5.73 Å². The average Bonchev–Trinajstić information content (AvgIpc) is 3.01. The van der Waals surface area contributed by atoms with Gasteiger partial charge in [-0.15, -0.1) is 0 Å². The van der Waals surface area contributed by atoms with Gasteiger partial charge in [-0.1, -0.05) is 24.0 Å². The van der Waals surface area contributed by atoms with Gasteiger partial charge in [0.25, 0.3) is 10.0 Å². The van der Waals surface area contributed by atoms with Crippen LogP contribution >= 0.6 is 0 Å². The molecule has 0 atom stereocenters. The highest BCUT2D eigenvalue weighted by atomic mass is 32.2. The molecule has 1 aromatic carbocycles. The van der Waals surface area contributed by atoms with Gasteiger partial charge in [0.2, 0.25) is 0 Å². The Balaban J connectivity index is 2.11. The molecule has 0 fully saturated rings. The minimum atomic E-state index is -3.55. The molecule has 3 N–H and O–H groups in total. The fraction of sp³-hybridized carbons (Fsp3) is 0.214. The summed E-state index contributed by atoms with van der Waals surface area (Å²) in [6.07, 6.45) is 1.41. The number of H-pyrrole nitrogens is 1. The molecule has 0 unspecified atom stereocenters. The first kappa shape index (κ1) is 15.3. The van der Waals surface area contributed by atoms with Crippen LogP contribution in [0.1, 0.15) is 11.1 Å². The smallest absolute Gasteiger partial charge is 0.260 e. The van der Waals surface area contributed by atoms with Crippen LogP contribution in [0.2, 0.25) is 0 Å². The molecule has 2 rings (SSSR count). The van der Waals surface area contributed by atoms with Crippen molar-refractivity contribution in [2.24, 2.45) is 5.73 Å². The molecule has 110 valence electrons. The zero-order valence-corrected chi connectivity index (χ0v) is 12.4. The molecule has 0 aliphatic carbocycles. The van der Waals surface area contributed by atoms with Crippen molar-refractivity contribution in [1.82, 2.24) is 14.5 Å². The maximum absolute atomic E-state index is 12.2. The lowest BCUT2D eigenvalue weighted by Crippen LogP contribution is -2.26. The zero-order valence-electron chi connectivity index (χ0n) is 11.6. The van der Waals surface area contributed by atoms with E-state index in [1.165, 1.54) is 23.6 Å². The Morgan fingerprint density at radius 3 is 2.57 bits per heavy atom. The summed E-state index contributed by atoms with van der Waals surface area (Å²) >= 11 is 0. The second-order valence-electron chi connectivity index (χ2n) is 4.38. The molecular weight excluding hydrogens is 288 g/mol. The van der Waals surface area contributed by atoms with Crippen molar-refractivity contribution in [3.05, 3.63) is 47.7 Å². The molecule has 2 aromatic rings. The summed E-state index contributed by atoms with van der Waals surface area (Å²) in [5, 5.41) is 6.21. The molecule has 0 bridgehead atoms. The summed E-state index contributed by atoms with van der Waals surface area (Å²) in [6, 6.07) is 8.81. The highest BCUT2D eigenvalue weighted by Crippen LogP contribution is 2.14. The highest BCUT2D eigenvalue weighted by Gasteiger charge is 2.21. The largest absolute Gasteiger partial charge is 0.320 e. The first-order valence-corrected chi connectivity index (χ1v) is 7.71. The Morgan fingerprint density at radius 1 is 1.29 bits per heavy atom. The number of nitrogens with zero attached hydrogens (tertiary/aromatic N) is 2. The van der Waals surface area contributed by atoms with Gasteiger partial charge in [-0.25, -0.2) is 8.42 Å². The lowest BCUT2D eigenvalue weighted by Gasteiger charge is -2.15. The van der Waals surface area contributed by atoms with Crippen LogP contribution in [-0.4, -0.2) is 36.5 Å². The first-order valence-electron chi connectivity index (χ1n) is 6.27. The number of aromatic nitrogens is 2. The summed E-state index contributed by atoms with van der Waals surface area (Å²) < 4.78 is 25.7. The number of aromatic amines is 1. The number of hydrogen-bond acceptors (Lipinski definition) is 4. The normalized spacial score (nSPS) is 11.2. The van der Waals surface area contributed by atoms with E-state index in [0.29, 0.717) is 6.54 Å². The Kier molecular flexibility index (Phi) is 4.75. The molecule has 1 aromatic heterocycles. The molecule has 0 saturated heterocycles. The Hall–Kier alpha value is -2.14. The third kappa shape index (κ3) is 3.70. The van der Waals surface area contributed by atoms with E-state index < -0.39 is 10.0 Å². The minimum Gasteiger partial charge on any atom is -0.320 e. The van der Waals surface area contributed by atoms with E-state index in [2.05, 4.69) is 22.0 Å². The van der Waals surface area contributed by atoms with Crippen LogP contribution in [-0.2, 0) is 16.6 Å². The van der Waals surface area contributed by atoms with Crippen LogP contribution in [0.3, 0.4) is 0 Å². The SMILES string of the molecule is CN(Cc1ccc(C#CCN)cc1)S(=O)(=O)c1ccn[nH]1. The molecule has 7 heteroatoms. The van der Waals surface area contributed by atoms with Crippen LogP contribution in [0.25, 0.3) is 0 Å². The summed E-state index contributed by atoms with van der Waals surface area (Å²) in [5.41, 5.74) is 7.04. The molecule has 0 amide bonds. The van der Waals surface area contributed by atoms with E-state index in [-0.39, 0.29) is 11.6 Å². The van der Waals surface area contributed by atoms with Gasteiger partial charge in [0.1, 0.15) is 0 Å². The summed E-state index contributed by atoms with van der Waals surface area (Å²) in [5.74, 6) is 5.69. The van der Waals surface area contributed by atoms with Crippen molar-refractivity contribution in [3.8, 4) is 11.8 Å². The number of rotatable bonds is 4. The van der Waals surface area contributed by atoms with Crippen LogP contribution in [0.4, 0.5) is 0 Å². The molecule has 1 heterocycles. The maximum Gasteiger partial charge on any atom is 0.260 e. The van der Waals surface area contributed by atoms with Gasteiger partial charge in [0.15, 0.2) is 5.03 Å². The predicted octanol–water partition coefficient (Wildman–Crippen LogP) is 0.541. The molecule has 6 nitrogen and oxygen atoms in total. The monoisotopic (exact) mass is 304 g/mol. The molecule has 0 saturated carbocycles. The Labute approximate surface area is 124 Å². The zero-order chi connectivity index (χ0) is 15.3. The van der Waals surface area contributed by atoms with Crippen molar-refractivity contribution in [2.45, 2.75) is 11.6 Å². The van der Waals surface area contributed by atoms with Crippen LogP contribution in [0, 0.1) is 11.8 Å². The summed E-state index contributed by atoms with van der Waals surface area (Å²) in [7, 11) is -2.02. The molecular formula is C14H16N4O2S. The van der Waals surface area contributed by atoms with Gasteiger partial charge in [-0.3, -0.25) is 5.10 Å². The fourth-order valence-corrected chi connectivity index (χ4v) is 2.80. The van der Waals surface area contributed by atoms with Crippen molar-refractivity contribution in [2.75, 3.05) is 13.6 Å². The van der Waals surface area contributed by atoms with Crippen LogP contribution in [0.5, 0.6) is 0 Å². The lowest BCUT2D eigenvalue weighted by molar-refractivity contribution is 0.463. The van der Waals surface area contributed by atoms with E-state index in [1.807, 2.05) is 24.3 Å². The lowest BCUT2D eigenvalue weighted by atomic mass is 10.1. The number of nitrogens with one attached hydrogen (secondary N) is 1. The molecule has 0 aliphatic heterocycles. The van der Waals surface area contributed by atoms with Gasteiger partial charge in [0, 0.05) is 19.2 Å². The molecule has 0 spiro atoms. The third-order valence-electron chi connectivity index (χ3n) is 2.86. The van der Waals surface area contributed by atoms with Crippen molar-refractivity contribution in [1.29, 1.82) is 0 Å². The quantitative estimate of drug-likeness (QED) is 0.806. The van der Waals surface area contributed by atoms with Crippen molar-refractivity contribution in [3.63, 3.8) is 0 Å². The average molecular weight is 304 g/mol. The van der Waals surface area contributed by atoms with E-state index in [9.17, 15) is 8.42 Å². The third-order valence-corrected chi connectivity index (χ3v) is 4.59. The van der Waals surface area contributed by atoms with Crippen LogP contribution in [0.15, 0.2) is 41.6 Å². The predicted molar refractivity (Wildman–Crippen MR) is 79.6 cm³/mol. The van der Waals surface area contributed by atoms with Crippen molar-refractivity contribution >= 4 is 10.0 Å². The molecule has 21 heavy (non-hydrogen) atoms. The van der Waals surface area contributed by atoms with Crippen molar-refractivity contribution < 1.29 is 8.42 Å².